The molecule has 1 aromatic heterocycles. The summed E-state index contributed by atoms with van der Waals surface area (Å²) in [5, 5.41) is 9.08. The number of nitrogens with zero attached hydrogens (tertiary/aromatic N) is 2. The number of aromatic nitrogens is 2. The fourth-order valence-corrected chi connectivity index (χ4v) is 2.91. The summed E-state index contributed by atoms with van der Waals surface area (Å²) in [5.41, 5.74) is 1.68. The van der Waals surface area contributed by atoms with Crippen LogP contribution in [0.1, 0.15) is 5.56 Å². The van der Waals surface area contributed by atoms with Gasteiger partial charge in [-0.05, 0) is 12.5 Å². The topological polar surface area (TPSA) is 61.3 Å². The summed E-state index contributed by atoms with van der Waals surface area (Å²) in [6.07, 6.45) is 1.43. The van der Waals surface area contributed by atoms with Gasteiger partial charge in [-0.15, -0.1) is 0 Å². The van der Waals surface area contributed by atoms with Gasteiger partial charge < -0.3 is 9.05 Å². The highest BCUT2D eigenvalue weighted by Crippen LogP contribution is 2.46. The molecule has 1 heterocycles. The summed E-state index contributed by atoms with van der Waals surface area (Å²) in [5.74, 6) is 0. The van der Waals surface area contributed by atoms with Crippen molar-refractivity contribution in [1.29, 1.82) is 0 Å². The predicted octanol–water partition coefficient (Wildman–Crippen LogP) is 2.05. The van der Waals surface area contributed by atoms with Gasteiger partial charge in [0.05, 0.1) is 17.0 Å². The minimum Gasteiger partial charge on any atom is -0.309 e. The first kappa shape index (κ1) is 12.2. The van der Waals surface area contributed by atoms with Crippen LogP contribution in [0.4, 0.5) is 0 Å². The number of benzene rings is 1. The second-order valence-corrected chi connectivity index (χ2v) is 5.77. The Bertz CT molecular complexity index is 592. The van der Waals surface area contributed by atoms with Crippen LogP contribution < -0.4 is 5.30 Å². The minimum absolute atomic E-state index is 0.441. The van der Waals surface area contributed by atoms with E-state index in [0.29, 0.717) is 10.8 Å². The van der Waals surface area contributed by atoms with Gasteiger partial charge in [-0.25, -0.2) is 0 Å². The highest BCUT2D eigenvalue weighted by molar-refractivity contribution is 7.62. The van der Waals surface area contributed by atoms with Crippen LogP contribution in [-0.2, 0) is 13.6 Å². The van der Waals surface area contributed by atoms with Crippen molar-refractivity contribution < 1.29 is 13.6 Å². The van der Waals surface area contributed by atoms with E-state index in [9.17, 15) is 4.57 Å². The van der Waals surface area contributed by atoms with Crippen LogP contribution in [-0.4, -0.2) is 24.4 Å². The van der Waals surface area contributed by atoms with Gasteiger partial charge >= 0.3 is 7.60 Å². The van der Waals surface area contributed by atoms with Crippen LogP contribution >= 0.6 is 7.60 Å². The fraction of sp³-hybridized carbons (Fsp3) is 0.273. The molecule has 0 aliphatic rings. The smallest absolute Gasteiger partial charge is 0.309 e. The molecule has 0 unspecified atom stereocenters. The van der Waals surface area contributed by atoms with Crippen LogP contribution in [0.3, 0.4) is 0 Å². The highest BCUT2D eigenvalue weighted by Gasteiger charge is 2.27. The van der Waals surface area contributed by atoms with E-state index < -0.39 is 7.60 Å². The van der Waals surface area contributed by atoms with E-state index in [1.165, 1.54) is 20.4 Å². The Hall–Kier alpha value is -1.29. The summed E-state index contributed by atoms with van der Waals surface area (Å²) >= 11 is 0. The lowest BCUT2D eigenvalue weighted by molar-refractivity contribution is 0.287. The lowest BCUT2D eigenvalue weighted by Crippen LogP contribution is -2.11. The molecule has 0 radical (unpaired) electrons. The first-order valence-electron chi connectivity index (χ1n) is 5.05. The predicted molar refractivity (Wildman–Crippen MR) is 65.5 cm³/mol. The molecule has 90 valence electrons. The molecule has 0 amide bonds. The SMILES string of the molecule is COP(=O)(OC)c1cnnc2c(C)cccc12. The van der Waals surface area contributed by atoms with E-state index >= 15 is 0 Å². The van der Waals surface area contributed by atoms with E-state index in [1.54, 1.807) is 0 Å². The van der Waals surface area contributed by atoms with Crippen molar-refractivity contribution in [3.05, 3.63) is 30.0 Å². The Labute approximate surface area is 99.3 Å². The molecule has 1 aromatic carbocycles. The molecular formula is C11H13N2O3P. The second-order valence-electron chi connectivity index (χ2n) is 3.56. The van der Waals surface area contributed by atoms with Gasteiger partial charge in [0, 0.05) is 19.6 Å². The summed E-state index contributed by atoms with van der Waals surface area (Å²) < 4.78 is 22.3. The first-order valence-corrected chi connectivity index (χ1v) is 6.59. The third-order valence-electron chi connectivity index (χ3n) is 2.63. The van der Waals surface area contributed by atoms with Crippen molar-refractivity contribution in [3.63, 3.8) is 0 Å². The molecule has 0 N–H and O–H groups in total. The second kappa shape index (κ2) is 4.53. The lowest BCUT2D eigenvalue weighted by atomic mass is 10.1. The maximum absolute atomic E-state index is 12.4. The molecule has 0 saturated heterocycles. The van der Waals surface area contributed by atoms with Crippen molar-refractivity contribution in [3.8, 4) is 0 Å². The van der Waals surface area contributed by atoms with Gasteiger partial charge in [0.2, 0.25) is 0 Å². The highest BCUT2D eigenvalue weighted by atomic mass is 31.2. The van der Waals surface area contributed by atoms with Gasteiger partial charge in [0.15, 0.2) is 0 Å². The molecule has 0 atom stereocenters. The molecule has 0 fully saturated rings. The van der Waals surface area contributed by atoms with Gasteiger partial charge in [-0.1, -0.05) is 18.2 Å². The zero-order valence-corrected chi connectivity index (χ0v) is 10.8. The van der Waals surface area contributed by atoms with E-state index in [-0.39, 0.29) is 0 Å². The van der Waals surface area contributed by atoms with Crippen LogP contribution in [0.25, 0.3) is 10.9 Å². The zero-order chi connectivity index (χ0) is 12.5. The lowest BCUT2D eigenvalue weighted by Gasteiger charge is -2.15. The van der Waals surface area contributed by atoms with Crippen molar-refractivity contribution in [2.24, 2.45) is 0 Å². The molecule has 17 heavy (non-hydrogen) atoms. The van der Waals surface area contributed by atoms with Gasteiger partial charge in [-0.3, -0.25) is 4.57 Å². The van der Waals surface area contributed by atoms with Gasteiger partial charge in [0.1, 0.15) is 0 Å². The Kier molecular flexibility index (Phi) is 3.24. The third kappa shape index (κ3) is 1.97. The van der Waals surface area contributed by atoms with Crippen LogP contribution in [0.2, 0.25) is 0 Å². The Morgan fingerprint density at radius 1 is 1.24 bits per heavy atom. The maximum atomic E-state index is 12.4. The number of hydrogen-bond donors (Lipinski definition) is 0. The average Bonchev–Trinajstić information content (AvgIpc) is 2.38. The molecule has 0 saturated carbocycles. The monoisotopic (exact) mass is 252 g/mol. The molecular weight excluding hydrogens is 239 g/mol. The van der Waals surface area contributed by atoms with Crippen LogP contribution in [0.5, 0.6) is 0 Å². The standard InChI is InChI=1S/C11H13N2O3P/c1-8-5-4-6-9-10(7-12-13-11(8)9)17(14,15-2)16-3/h4-7H,1-3H3. The molecule has 0 bridgehead atoms. The van der Waals surface area contributed by atoms with Crippen molar-refractivity contribution in [2.45, 2.75) is 6.92 Å². The molecule has 0 spiro atoms. The molecule has 2 rings (SSSR count). The normalized spacial score (nSPS) is 11.9. The van der Waals surface area contributed by atoms with E-state index in [0.717, 1.165) is 10.9 Å². The fourth-order valence-electron chi connectivity index (χ4n) is 1.70. The van der Waals surface area contributed by atoms with Crippen molar-refractivity contribution in [2.75, 3.05) is 14.2 Å². The van der Waals surface area contributed by atoms with E-state index in [4.69, 9.17) is 9.05 Å². The van der Waals surface area contributed by atoms with Gasteiger partial charge in [0.25, 0.3) is 0 Å². The van der Waals surface area contributed by atoms with Crippen molar-refractivity contribution >= 4 is 23.8 Å². The van der Waals surface area contributed by atoms with Crippen LogP contribution in [0, 0.1) is 6.92 Å². The summed E-state index contributed by atoms with van der Waals surface area (Å²) in [6.45, 7) is 1.92. The molecule has 5 nitrogen and oxygen atoms in total. The average molecular weight is 252 g/mol. The minimum atomic E-state index is -3.30. The number of fused-ring (bicyclic) bond motifs is 1. The summed E-state index contributed by atoms with van der Waals surface area (Å²) in [6, 6.07) is 5.63. The zero-order valence-electron chi connectivity index (χ0n) is 9.88. The maximum Gasteiger partial charge on any atom is 0.363 e. The van der Waals surface area contributed by atoms with Crippen molar-refractivity contribution in [1.82, 2.24) is 10.2 Å². The Balaban J connectivity index is 2.79. The quantitative estimate of drug-likeness (QED) is 0.782. The van der Waals surface area contributed by atoms with Gasteiger partial charge in [-0.2, -0.15) is 10.2 Å². The summed E-state index contributed by atoms with van der Waals surface area (Å²) in [4.78, 5) is 0. The number of rotatable bonds is 3. The molecule has 0 aliphatic heterocycles. The Morgan fingerprint density at radius 2 is 1.94 bits per heavy atom. The molecule has 2 aromatic rings. The first-order chi connectivity index (χ1) is 8.12. The molecule has 6 heteroatoms. The largest absolute Gasteiger partial charge is 0.363 e. The summed E-state index contributed by atoms with van der Waals surface area (Å²) in [7, 11) is -0.594. The van der Waals surface area contributed by atoms with Crippen LogP contribution in [0.15, 0.2) is 24.4 Å². The van der Waals surface area contributed by atoms with E-state index in [2.05, 4.69) is 10.2 Å². The molecule has 0 aliphatic carbocycles. The van der Waals surface area contributed by atoms with E-state index in [1.807, 2.05) is 25.1 Å². The third-order valence-corrected chi connectivity index (χ3v) is 4.54. The number of hydrogen-bond acceptors (Lipinski definition) is 5. The Morgan fingerprint density at radius 3 is 2.59 bits per heavy atom. The number of aryl methyl sites for hydroxylation is 1.